The Balaban J connectivity index is 1.47. The van der Waals surface area contributed by atoms with E-state index >= 15 is 0 Å². The van der Waals surface area contributed by atoms with Crippen molar-refractivity contribution >= 4 is 22.2 Å². The molecule has 0 atom stereocenters. The number of imidazole rings is 2. The third-order valence-electron chi connectivity index (χ3n) is 4.27. The first-order chi connectivity index (χ1) is 12.8. The quantitative estimate of drug-likeness (QED) is 0.570. The maximum Gasteiger partial charge on any atom is 0.269 e. The standard InChI is InChI=1S/C19H19N5OS/c1-2-17-20-8-10-23(17)11-9-21-18(25)16-13-26-19-22-15(12-24(16)19)14-6-4-3-5-7-14/h3-8,10,12-13H,2,9,11H2,1H3,(H,21,25). The molecule has 0 saturated heterocycles. The number of thiazole rings is 1. The molecule has 7 heteroatoms. The molecule has 0 spiro atoms. The van der Waals surface area contributed by atoms with Crippen LogP contribution in [0, 0.1) is 0 Å². The van der Waals surface area contributed by atoms with Gasteiger partial charge in [-0.15, -0.1) is 11.3 Å². The summed E-state index contributed by atoms with van der Waals surface area (Å²) in [5.74, 6) is 0.936. The zero-order chi connectivity index (χ0) is 17.9. The third kappa shape index (κ3) is 3.13. The second kappa shape index (κ2) is 7.13. The largest absolute Gasteiger partial charge is 0.349 e. The summed E-state index contributed by atoms with van der Waals surface area (Å²) < 4.78 is 3.92. The minimum absolute atomic E-state index is 0.0913. The normalized spacial score (nSPS) is 11.1. The Morgan fingerprint density at radius 3 is 2.92 bits per heavy atom. The van der Waals surface area contributed by atoms with Crippen LogP contribution >= 0.6 is 11.3 Å². The molecular weight excluding hydrogens is 346 g/mol. The van der Waals surface area contributed by atoms with E-state index in [0.29, 0.717) is 18.8 Å². The summed E-state index contributed by atoms with van der Waals surface area (Å²) in [6.45, 7) is 3.34. The van der Waals surface area contributed by atoms with E-state index in [9.17, 15) is 4.79 Å². The summed E-state index contributed by atoms with van der Waals surface area (Å²) in [6.07, 6.45) is 6.53. The van der Waals surface area contributed by atoms with Crippen molar-refractivity contribution in [3.05, 3.63) is 65.8 Å². The smallest absolute Gasteiger partial charge is 0.269 e. The lowest BCUT2D eigenvalue weighted by Crippen LogP contribution is -2.28. The van der Waals surface area contributed by atoms with E-state index in [1.54, 1.807) is 6.20 Å². The molecule has 0 aliphatic carbocycles. The van der Waals surface area contributed by atoms with Gasteiger partial charge in [0.1, 0.15) is 11.5 Å². The van der Waals surface area contributed by atoms with E-state index < -0.39 is 0 Å². The number of nitrogens with one attached hydrogen (secondary N) is 1. The van der Waals surface area contributed by atoms with Gasteiger partial charge in [-0.2, -0.15) is 0 Å². The summed E-state index contributed by atoms with van der Waals surface area (Å²) in [7, 11) is 0. The predicted molar refractivity (Wildman–Crippen MR) is 102 cm³/mol. The van der Waals surface area contributed by atoms with Crippen molar-refractivity contribution < 1.29 is 4.79 Å². The highest BCUT2D eigenvalue weighted by Gasteiger charge is 2.15. The molecule has 0 radical (unpaired) electrons. The monoisotopic (exact) mass is 365 g/mol. The number of aromatic nitrogens is 4. The summed E-state index contributed by atoms with van der Waals surface area (Å²) >= 11 is 1.47. The fourth-order valence-electron chi connectivity index (χ4n) is 2.93. The van der Waals surface area contributed by atoms with Crippen LogP contribution in [0.25, 0.3) is 16.2 Å². The SMILES string of the molecule is CCc1nccn1CCNC(=O)c1csc2nc(-c3ccccc3)cn12. The molecular formula is C19H19N5OS. The van der Waals surface area contributed by atoms with Crippen LogP contribution < -0.4 is 5.32 Å². The molecule has 3 aromatic heterocycles. The number of rotatable bonds is 6. The molecule has 1 aromatic carbocycles. The number of fused-ring (bicyclic) bond motifs is 1. The average Bonchev–Trinajstić information content (AvgIpc) is 3.37. The molecule has 3 heterocycles. The van der Waals surface area contributed by atoms with Crippen LogP contribution in [0.15, 0.2) is 54.3 Å². The highest BCUT2D eigenvalue weighted by molar-refractivity contribution is 7.15. The van der Waals surface area contributed by atoms with Crippen molar-refractivity contribution in [3.63, 3.8) is 0 Å². The van der Waals surface area contributed by atoms with Crippen molar-refractivity contribution in [1.82, 2.24) is 24.3 Å². The predicted octanol–water partition coefficient (Wildman–Crippen LogP) is 3.25. The fourth-order valence-corrected chi connectivity index (χ4v) is 3.79. The van der Waals surface area contributed by atoms with E-state index in [1.807, 2.05) is 52.5 Å². The molecule has 0 fully saturated rings. The van der Waals surface area contributed by atoms with Crippen molar-refractivity contribution in [2.24, 2.45) is 0 Å². The second-order valence-electron chi connectivity index (χ2n) is 5.91. The molecule has 1 N–H and O–H groups in total. The van der Waals surface area contributed by atoms with Gasteiger partial charge >= 0.3 is 0 Å². The van der Waals surface area contributed by atoms with Gasteiger partial charge in [-0.3, -0.25) is 9.20 Å². The van der Waals surface area contributed by atoms with Crippen LogP contribution in [-0.4, -0.2) is 31.4 Å². The van der Waals surface area contributed by atoms with Crippen molar-refractivity contribution in [2.75, 3.05) is 6.54 Å². The Bertz CT molecular complexity index is 1030. The summed E-state index contributed by atoms with van der Waals surface area (Å²) in [4.78, 5) is 22.3. The first-order valence-electron chi connectivity index (χ1n) is 8.56. The fraction of sp³-hybridized carbons (Fsp3) is 0.211. The molecule has 0 unspecified atom stereocenters. The number of aryl methyl sites for hydroxylation is 1. The van der Waals surface area contributed by atoms with Gasteiger partial charge in [-0.05, 0) is 0 Å². The third-order valence-corrected chi connectivity index (χ3v) is 5.11. The summed E-state index contributed by atoms with van der Waals surface area (Å²) in [5, 5.41) is 4.83. The summed E-state index contributed by atoms with van der Waals surface area (Å²) in [5.41, 5.74) is 2.53. The van der Waals surface area contributed by atoms with Gasteiger partial charge in [0.2, 0.25) is 0 Å². The lowest BCUT2D eigenvalue weighted by Gasteiger charge is -2.07. The minimum atomic E-state index is -0.0913. The maximum absolute atomic E-state index is 12.6. The molecule has 0 saturated carbocycles. The molecule has 0 bridgehead atoms. The van der Waals surface area contributed by atoms with Crippen LogP contribution in [0.1, 0.15) is 23.2 Å². The Kier molecular flexibility index (Phi) is 4.53. The van der Waals surface area contributed by atoms with Gasteiger partial charge in [0.15, 0.2) is 4.96 Å². The maximum atomic E-state index is 12.6. The molecule has 1 amide bonds. The molecule has 6 nitrogen and oxygen atoms in total. The van der Waals surface area contributed by atoms with Crippen molar-refractivity contribution in [1.29, 1.82) is 0 Å². The topological polar surface area (TPSA) is 64.2 Å². The van der Waals surface area contributed by atoms with Gasteiger partial charge in [-0.1, -0.05) is 37.3 Å². The highest BCUT2D eigenvalue weighted by Crippen LogP contribution is 2.23. The molecule has 4 rings (SSSR count). The molecule has 132 valence electrons. The second-order valence-corrected chi connectivity index (χ2v) is 6.75. The lowest BCUT2D eigenvalue weighted by atomic mass is 10.2. The van der Waals surface area contributed by atoms with Crippen molar-refractivity contribution in [3.8, 4) is 11.3 Å². The first kappa shape index (κ1) is 16.5. The number of carbonyl (C=O) groups excluding carboxylic acids is 1. The van der Waals surface area contributed by atoms with E-state index in [4.69, 9.17) is 0 Å². The Morgan fingerprint density at radius 2 is 2.12 bits per heavy atom. The molecule has 0 aliphatic heterocycles. The number of hydrogen-bond acceptors (Lipinski definition) is 4. The van der Waals surface area contributed by atoms with Gasteiger partial charge in [-0.25, -0.2) is 9.97 Å². The van der Waals surface area contributed by atoms with Gasteiger partial charge in [0, 0.05) is 49.0 Å². The molecule has 0 aliphatic rings. The van der Waals surface area contributed by atoms with Crippen LogP contribution in [0.2, 0.25) is 0 Å². The lowest BCUT2D eigenvalue weighted by molar-refractivity contribution is 0.0946. The minimum Gasteiger partial charge on any atom is -0.349 e. The molecule has 26 heavy (non-hydrogen) atoms. The number of amides is 1. The molecule has 4 aromatic rings. The van der Waals surface area contributed by atoms with Crippen LogP contribution in [0.4, 0.5) is 0 Å². The number of carbonyl (C=O) groups is 1. The van der Waals surface area contributed by atoms with E-state index in [0.717, 1.165) is 28.5 Å². The number of nitrogens with zero attached hydrogens (tertiary/aromatic N) is 4. The number of benzene rings is 1. The number of hydrogen-bond donors (Lipinski definition) is 1. The van der Waals surface area contributed by atoms with Gasteiger partial charge < -0.3 is 9.88 Å². The zero-order valence-corrected chi connectivity index (χ0v) is 15.2. The van der Waals surface area contributed by atoms with E-state index in [2.05, 4.69) is 26.8 Å². The summed E-state index contributed by atoms with van der Waals surface area (Å²) in [6, 6.07) is 9.98. The van der Waals surface area contributed by atoms with Gasteiger partial charge in [0.25, 0.3) is 5.91 Å². The van der Waals surface area contributed by atoms with E-state index in [1.165, 1.54) is 11.3 Å². The van der Waals surface area contributed by atoms with Crippen molar-refractivity contribution in [2.45, 2.75) is 19.9 Å². The average molecular weight is 365 g/mol. The Hall–Kier alpha value is -2.93. The van der Waals surface area contributed by atoms with Crippen LogP contribution in [-0.2, 0) is 13.0 Å². The Morgan fingerprint density at radius 1 is 1.27 bits per heavy atom. The van der Waals surface area contributed by atoms with E-state index in [-0.39, 0.29) is 5.91 Å². The highest BCUT2D eigenvalue weighted by atomic mass is 32.1. The Labute approximate surface area is 155 Å². The van der Waals surface area contributed by atoms with Crippen LogP contribution in [0.5, 0.6) is 0 Å². The van der Waals surface area contributed by atoms with Crippen LogP contribution in [0.3, 0.4) is 0 Å². The first-order valence-corrected chi connectivity index (χ1v) is 9.44. The zero-order valence-electron chi connectivity index (χ0n) is 14.4. The van der Waals surface area contributed by atoms with Gasteiger partial charge in [0.05, 0.1) is 5.69 Å².